The van der Waals surface area contributed by atoms with Crippen molar-refractivity contribution in [3.63, 3.8) is 0 Å². The molecular weight excluding hydrogens is 267 g/mol. The summed E-state index contributed by atoms with van der Waals surface area (Å²) in [6.45, 7) is 7.78. The van der Waals surface area contributed by atoms with Crippen LogP contribution in [0.15, 0.2) is 18.2 Å². The third kappa shape index (κ3) is 6.55. The summed E-state index contributed by atoms with van der Waals surface area (Å²) in [4.78, 5) is 4.51. The molecule has 1 atom stereocenters. The molecule has 0 aliphatic rings. The average Bonchev–Trinajstić information content (AvgIpc) is 2.44. The van der Waals surface area contributed by atoms with Gasteiger partial charge in [-0.1, -0.05) is 19.1 Å². The van der Waals surface area contributed by atoms with Crippen LogP contribution in [0.5, 0.6) is 0 Å². The van der Waals surface area contributed by atoms with Crippen molar-refractivity contribution in [3.05, 3.63) is 35.1 Å². The Bertz CT molecular complexity index is 423. The van der Waals surface area contributed by atoms with Crippen molar-refractivity contribution in [2.75, 3.05) is 40.3 Å². The first-order valence-electron chi connectivity index (χ1n) is 7.75. The molecule has 0 fully saturated rings. The van der Waals surface area contributed by atoms with Crippen LogP contribution in [-0.2, 0) is 0 Å². The number of hydrogen-bond donors (Lipinski definition) is 1. The summed E-state index contributed by atoms with van der Waals surface area (Å²) in [5, 5.41) is 10.2. The lowest BCUT2D eigenvalue weighted by Gasteiger charge is -2.23. The zero-order chi connectivity index (χ0) is 15.8. The van der Waals surface area contributed by atoms with E-state index in [1.54, 1.807) is 13.0 Å². The predicted octanol–water partition coefficient (Wildman–Crippen LogP) is 2.83. The van der Waals surface area contributed by atoms with E-state index in [-0.39, 0.29) is 5.82 Å². The van der Waals surface area contributed by atoms with Gasteiger partial charge in [-0.05, 0) is 70.7 Å². The van der Waals surface area contributed by atoms with Crippen LogP contribution in [0.2, 0.25) is 0 Å². The maximum Gasteiger partial charge on any atom is 0.126 e. The minimum Gasteiger partial charge on any atom is -0.388 e. The highest BCUT2D eigenvalue weighted by molar-refractivity contribution is 5.24. The molecule has 4 heteroatoms. The Balaban J connectivity index is 2.42. The highest BCUT2D eigenvalue weighted by Gasteiger charge is 2.11. The molecule has 120 valence electrons. The van der Waals surface area contributed by atoms with Crippen molar-refractivity contribution in [3.8, 4) is 0 Å². The van der Waals surface area contributed by atoms with Crippen LogP contribution >= 0.6 is 0 Å². The number of benzene rings is 1. The SMILES string of the molecule is CCN(CCCN(C)C)CCC(O)c1ccc(C)c(F)c1. The van der Waals surface area contributed by atoms with Gasteiger partial charge in [-0.25, -0.2) is 4.39 Å². The van der Waals surface area contributed by atoms with Crippen molar-refractivity contribution in [1.82, 2.24) is 9.80 Å². The number of aliphatic hydroxyl groups excluding tert-OH is 1. The van der Waals surface area contributed by atoms with E-state index in [9.17, 15) is 9.50 Å². The van der Waals surface area contributed by atoms with E-state index in [4.69, 9.17) is 0 Å². The molecule has 0 aliphatic heterocycles. The summed E-state index contributed by atoms with van der Waals surface area (Å²) in [6.07, 6.45) is 1.16. The first-order valence-corrected chi connectivity index (χ1v) is 7.75. The van der Waals surface area contributed by atoms with E-state index in [0.29, 0.717) is 17.5 Å². The topological polar surface area (TPSA) is 26.7 Å². The zero-order valence-corrected chi connectivity index (χ0v) is 13.8. The summed E-state index contributed by atoms with van der Waals surface area (Å²) in [5.41, 5.74) is 1.28. The Kier molecular flexibility index (Phi) is 7.86. The van der Waals surface area contributed by atoms with Gasteiger partial charge in [0, 0.05) is 6.54 Å². The second-order valence-electron chi connectivity index (χ2n) is 5.90. The standard InChI is InChI=1S/C17H29FN2O/c1-5-20(11-6-10-19(3)4)12-9-17(21)15-8-7-14(2)16(18)13-15/h7-8,13,17,21H,5-6,9-12H2,1-4H3. The van der Waals surface area contributed by atoms with Gasteiger partial charge in [-0.15, -0.1) is 0 Å². The molecule has 0 aromatic heterocycles. The van der Waals surface area contributed by atoms with E-state index >= 15 is 0 Å². The maximum absolute atomic E-state index is 13.5. The molecule has 1 aromatic rings. The van der Waals surface area contributed by atoms with Crippen LogP contribution in [0.3, 0.4) is 0 Å². The van der Waals surface area contributed by atoms with E-state index in [2.05, 4.69) is 30.8 Å². The molecule has 21 heavy (non-hydrogen) atoms. The lowest BCUT2D eigenvalue weighted by atomic mass is 10.0. The minimum atomic E-state index is -0.594. The quantitative estimate of drug-likeness (QED) is 0.759. The van der Waals surface area contributed by atoms with E-state index in [0.717, 1.165) is 32.6 Å². The van der Waals surface area contributed by atoms with Gasteiger partial charge in [0.15, 0.2) is 0 Å². The van der Waals surface area contributed by atoms with Crippen LogP contribution in [0.25, 0.3) is 0 Å². The van der Waals surface area contributed by atoms with E-state index in [1.807, 2.05) is 6.07 Å². The molecule has 0 radical (unpaired) electrons. The molecule has 1 rings (SSSR count). The molecule has 0 spiro atoms. The summed E-state index contributed by atoms with van der Waals surface area (Å²) in [5.74, 6) is -0.245. The molecule has 0 bridgehead atoms. The number of nitrogens with zero attached hydrogens (tertiary/aromatic N) is 2. The molecule has 0 heterocycles. The summed E-state index contributed by atoms with van der Waals surface area (Å²) >= 11 is 0. The third-order valence-corrected chi connectivity index (χ3v) is 3.83. The summed E-state index contributed by atoms with van der Waals surface area (Å²) in [6, 6.07) is 4.98. The number of aryl methyl sites for hydroxylation is 1. The Morgan fingerprint density at radius 3 is 2.48 bits per heavy atom. The number of aliphatic hydroxyl groups is 1. The van der Waals surface area contributed by atoms with Gasteiger partial charge in [0.2, 0.25) is 0 Å². The van der Waals surface area contributed by atoms with E-state index < -0.39 is 6.10 Å². The van der Waals surface area contributed by atoms with Gasteiger partial charge in [-0.2, -0.15) is 0 Å². The molecule has 0 amide bonds. The highest BCUT2D eigenvalue weighted by atomic mass is 19.1. The maximum atomic E-state index is 13.5. The van der Waals surface area contributed by atoms with Gasteiger partial charge in [0.1, 0.15) is 5.82 Å². The molecular formula is C17H29FN2O. The fourth-order valence-electron chi connectivity index (χ4n) is 2.33. The number of hydrogen-bond acceptors (Lipinski definition) is 3. The lowest BCUT2D eigenvalue weighted by molar-refractivity contribution is 0.142. The Morgan fingerprint density at radius 2 is 1.90 bits per heavy atom. The summed E-state index contributed by atoms with van der Waals surface area (Å²) < 4.78 is 13.5. The zero-order valence-electron chi connectivity index (χ0n) is 13.8. The second kappa shape index (κ2) is 9.13. The average molecular weight is 296 g/mol. The second-order valence-corrected chi connectivity index (χ2v) is 5.90. The first kappa shape index (κ1) is 18.1. The van der Waals surface area contributed by atoms with Gasteiger partial charge >= 0.3 is 0 Å². The number of rotatable bonds is 9. The van der Waals surface area contributed by atoms with Gasteiger partial charge < -0.3 is 14.9 Å². The smallest absolute Gasteiger partial charge is 0.126 e. The first-order chi connectivity index (χ1) is 9.93. The largest absolute Gasteiger partial charge is 0.388 e. The van der Waals surface area contributed by atoms with Crippen molar-refractivity contribution >= 4 is 0 Å². The molecule has 1 N–H and O–H groups in total. The Labute approximate surface area is 128 Å². The molecule has 1 aromatic carbocycles. The molecule has 3 nitrogen and oxygen atoms in total. The predicted molar refractivity (Wildman–Crippen MR) is 86.0 cm³/mol. The van der Waals surface area contributed by atoms with Crippen LogP contribution in [0.4, 0.5) is 4.39 Å². The van der Waals surface area contributed by atoms with Crippen LogP contribution in [0.1, 0.15) is 37.0 Å². The monoisotopic (exact) mass is 296 g/mol. The third-order valence-electron chi connectivity index (χ3n) is 3.83. The fourth-order valence-corrected chi connectivity index (χ4v) is 2.33. The number of halogens is 1. The van der Waals surface area contributed by atoms with Crippen molar-refractivity contribution in [2.24, 2.45) is 0 Å². The molecule has 0 saturated heterocycles. The molecule has 1 unspecified atom stereocenters. The van der Waals surface area contributed by atoms with Gasteiger partial charge in [-0.3, -0.25) is 0 Å². The normalized spacial score (nSPS) is 13.1. The Morgan fingerprint density at radius 1 is 1.19 bits per heavy atom. The Hall–Kier alpha value is -0.970. The fraction of sp³-hybridized carbons (Fsp3) is 0.647. The van der Waals surface area contributed by atoms with Gasteiger partial charge in [0.25, 0.3) is 0 Å². The lowest BCUT2D eigenvalue weighted by Crippen LogP contribution is -2.29. The summed E-state index contributed by atoms with van der Waals surface area (Å²) in [7, 11) is 4.15. The minimum absolute atomic E-state index is 0.245. The van der Waals surface area contributed by atoms with Crippen molar-refractivity contribution in [2.45, 2.75) is 32.8 Å². The van der Waals surface area contributed by atoms with E-state index in [1.165, 1.54) is 6.07 Å². The van der Waals surface area contributed by atoms with Crippen molar-refractivity contribution in [1.29, 1.82) is 0 Å². The van der Waals surface area contributed by atoms with Crippen LogP contribution in [0, 0.1) is 12.7 Å². The van der Waals surface area contributed by atoms with Gasteiger partial charge in [0.05, 0.1) is 6.10 Å². The molecule has 0 saturated carbocycles. The van der Waals surface area contributed by atoms with Crippen LogP contribution in [-0.4, -0.2) is 55.2 Å². The van der Waals surface area contributed by atoms with Crippen molar-refractivity contribution < 1.29 is 9.50 Å². The molecule has 0 aliphatic carbocycles. The van der Waals surface area contributed by atoms with Crippen LogP contribution < -0.4 is 0 Å². The highest BCUT2D eigenvalue weighted by Crippen LogP contribution is 2.19.